The smallest absolute Gasteiger partial charge is 0.244 e. The Morgan fingerprint density at radius 3 is 2.72 bits per heavy atom. The summed E-state index contributed by atoms with van der Waals surface area (Å²) >= 11 is 1.66. The summed E-state index contributed by atoms with van der Waals surface area (Å²) in [7, 11) is 0. The van der Waals surface area contributed by atoms with Gasteiger partial charge in [-0.3, -0.25) is 4.79 Å². The number of amides is 1. The molecule has 0 aliphatic carbocycles. The fourth-order valence-corrected chi connectivity index (χ4v) is 4.73. The molecule has 0 saturated carbocycles. The normalized spacial score (nSPS) is 13.6. The Hall–Kier alpha value is -3.39. The van der Waals surface area contributed by atoms with Crippen molar-refractivity contribution in [1.29, 1.82) is 0 Å². The van der Waals surface area contributed by atoms with Crippen LogP contribution >= 0.6 is 11.3 Å². The number of thiazole rings is 1. The molecule has 1 aliphatic heterocycles. The molecule has 32 heavy (non-hydrogen) atoms. The first-order valence-corrected chi connectivity index (χ1v) is 11.4. The minimum Gasteiger partial charge on any atom is -0.340 e. The minimum absolute atomic E-state index is 0.00377. The third-order valence-electron chi connectivity index (χ3n) is 5.71. The quantitative estimate of drug-likeness (QED) is 0.472. The van der Waals surface area contributed by atoms with E-state index in [4.69, 9.17) is 4.98 Å². The molecule has 162 valence electrons. The van der Waals surface area contributed by atoms with E-state index in [-0.39, 0.29) is 18.3 Å². The molecule has 0 unspecified atom stereocenters. The first-order valence-electron chi connectivity index (χ1n) is 10.5. The maximum atomic E-state index is 13.8. The molecule has 0 fully saturated rings. The standard InChI is InChI=1S/C24H22FN5OS/c1-16-13-18(7-8-19(16)25)23-27-24(17-5-3-2-4-6-17)30(28-23)14-22(31)29-11-9-20-21(10-12-29)32-15-26-20/h2-8,13,15H,9-12,14H2,1H3. The molecule has 0 saturated heterocycles. The summed E-state index contributed by atoms with van der Waals surface area (Å²) in [6.45, 7) is 3.13. The topological polar surface area (TPSA) is 63.9 Å². The van der Waals surface area contributed by atoms with Gasteiger partial charge in [0.15, 0.2) is 11.6 Å². The number of rotatable bonds is 4. The molecule has 2 aromatic heterocycles. The molecule has 1 amide bonds. The Kier molecular flexibility index (Phi) is 5.53. The number of fused-ring (bicyclic) bond motifs is 1. The Morgan fingerprint density at radius 1 is 1.09 bits per heavy atom. The van der Waals surface area contributed by atoms with E-state index in [0.29, 0.717) is 30.3 Å². The fourth-order valence-electron chi connectivity index (χ4n) is 3.93. The van der Waals surface area contributed by atoms with Gasteiger partial charge in [0, 0.05) is 41.9 Å². The van der Waals surface area contributed by atoms with Crippen LogP contribution in [-0.4, -0.2) is 43.6 Å². The lowest BCUT2D eigenvalue weighted by Gasteiger charge is -2.20. The summed E-state index contributed by atoms with van der Waals surface area (Å²) in [4.78, 5) is 25.5. The summed E-state index contributed by atoms with van der Waals surface area (Å²) in [6, 6.07) is 14.5. The lowest BCUT2D eigenvalue weighted by Crippen LogP contribution is -2.36. The maximum absolute atomic E-state index is 13.8. The predicted molar refractivity (Wildman–Crippen MR) is 122 cm³/mol. The Labute approximate surface area is 189 Å². The molecule has 2 aromatic carbocycles. The lowest BCUT2D eigenvalue weighted by atomic mass is 10.1. The van der Waals surface area contributed by atoms with E-state index in [1.807, 2.05) is 40.7 Å². The molecule has 8 heteroatoms. The number of aryl methyl sites for hydroxylation is 1. The largest absolute Gasteiger partial charge is 0.340 e. The number of hydrogen-bond acceptors (Lipinski definition) is 5. The summed E-state index contributed by atoms with van der Waals surface area (Å²) in [5, 5.41) is 4.64. The van der Waals surface area contributed by atoms with Gasteiger partial charge in [-0.15, -0.1) is 16.4 Å². The Morgan fingerprint density at radius 2 is 1.91 bits per heavy atom. The van der Waals surface area contributed by atoms with Crippen LogP contribution in [0.3, 0.4) is 0 Å². The zero-order valence-electron chi connectivity index (χ0n) is 17.7. The van der Waals surface area contributed by atoms with Gasteiger partial charge < -0.3 is 4.90 Å². The highest BCUT2D eigenvalue weighted by Crippen LogP contribution is 2.25. The molecule has 0 bridgehead atoms. The SMILES string of the molecule is Cc1cc(-c2nc(-c3ccccc3)n(CC(=O)N3CCc4ncsc4CC3)n2)ccc1F. The molecule has 0 atom stereocenters. The van der Waals surface area contributed by atoms with Gasteiger partial charge in [-0.25, -0.2) is 19.0 Å². The van der Waals surface area contributed by atoms with Crippen LogP contribution in [0.2, 0.25) is 0 Å². The average Bonchev–Trinajstić information content (AvgIpc) is 3.38. The number of halogens is 1. The molecule has 0 spiro atoms. The summed E-state index contributed by atoms with van der Waals surface area (Å²) < 4.78 is 15.4. The van der Waals surface area contributed by atoms with Gasteiger partial charge in [-0.05, 0) is 30.7 Å². The van der Waals surface area contributed by atoms with Crippen LogP contribution in [0.25, 0.3) is 22.8 Å². The highest BCUT2D eigenvalue weighted by Gasteiger charge is 2.23. The van der Waals surface area contributed by atoms with E-state index in [2.05, 4.69) is 10.1 Å². The first kappa shape index (κ1) is 20.5. The zero-order valence-corrected chi connectivity index (χ0v) is 18.5. The van der Waals surface area contributed by atoms with E-state index >= 15 is 0 Å². The third-order valence-corrected chi connectivity index (χ3v) is 6.65. The molecular weight excluding hydrogens is 425 g/mol. The number of hydrogen-bond donors (Lipinski definition) is 0. The second kappa shape index (κ2) is 8.63. The Balaban J connectivity index is 1.44. The molecule has 4 aromatic rings. The lowest BCUT2D eigenvalue weighted by molar-refractivity contribution is -0.131. The van der Waals surface area contributed by atoms with Crippen LogP contribution < -0.4 is 0 Å². The van der Waals surface area contributed by atoms with Gasteiger partial charge >= 0.3 is 0 Å². The molecule has 5 rings (SSSR count). The van der Waals surface area contributed by atoms with Crippen molar-refractivity contribution in [3.8, 4) is 22.8 Å². The average molecular weight is 448 g/mol. The number of carbonyl (C=O) groups is 1. The van der Waals surface area contributed by atoms with E-state index in [1.54, 1.807) is 35.1 Å². The van der Waals surface area contributed by atoms with Crippen molar-refractivity contribution >= 4 is 17.2 Å². The molecule has 0 N–H and O–H groups in total. The minimum atomic E-state index is -0.268. The molecule has 0 radical (unpaired) electrons. The van der Waals surface area contributed by atoms with E-state index in [1.165, 1.54) is 10.9 Å². The van der Waals surface area contributed by atoms with Crippen molar-refractivity contribution in [3.63, 3.8) is 0 Å². The molecule has 3 heterocycles. The number of nitrogens with zero attached hydrogens (tertiary/aromatic N) is 5. The van der Waals surface area contributed by atoms with Crippen LogP contribution in [0.4, 0.5) is 4.39 Å². The van der Waals surface area contributed by atoms with Crippen molar-refractivity contribution < 1.29 is 9.18 Å². The van der Waals surface area contributed by atoms with Gasteiger partial charge in [-0.1, -0.05) is 30.3 Å². The van der Waals surface area contributed by atoms with Crippen molar-refractivity contribution in [3.05, 3.63) is 76.0 Å². The Bertz CT molecular complexity index is 1240. The predicted octanol–water partition coefficient (Wildman–Crippen LogP) is 4.14. The fraction of sp³-hybridized carbons (Fsp3) is 0.250. The van der Waals surface area contributed by atoms with E-state index in [0.717, 1.165) is 29.7 Å². The third kappa shape index (κ3) is 4.05. The first-order chi connectivity index (χ1) is 15.6. The maximum Gasteiger partial charge on any atom is 0.244 e. The second-order valence-electron chi connectivity index (χ2n) is 7.85. The van der Waals surface area contributed by atoms with Gasteiger partial charge in [0.05, 0.1) is 11.2 Å². The molecule has 1 aliphatic rings. The summed E-state index contributed by atoms with van der Waals surface area (Å²) in [5.74, 6) is 0.827. The number of aromatic nitrogens is 4. The second-order valence-corrected chi connectivity index (χ2v) is 8.79. The van der Waals surface area contributed by atoms with Crippen molar-refractivity contribution in [2.24, 2.45) is 0 Å². The molecule has 6 nitrogen and oxygen atoms in total. The summed E-state index contributed by atoms with van der Waals surface area (Å²) in [5.41, 5.74) is 5.10. The van der Waals surface area contributed by atoms with Crippen molar-refractivity contribution in [2.45, 2.75) is 26.3 Å². The van der Waals surface area contributed by atoms with Crippen molar-refractivity contribution in [1.82, 2.24) is 24.6 Å². The monoisotopic (exact) mass is 447 g/mol. The van der Waals surface area contributed by atoms with Gasteiger partial charge in [0.25, 0.3) is 0 Å². The van der Waals surface area contributed by atoms with Gasteiger partial charge in [0.2, 0.25) is 5.91 Å². The van der Waals surface area contributed by atoms with Crippen molar-refractivity contribution in [2.75, 3.05) is 13.1 Å². The summed E-state index contributed by atoms with van der Waals surface area (Å²) in [6.07, 6.45) is 1.60. The van der Waals surface area contributed by atoms with Crippen LogP contribution in [0.5, 0.6) is 0 Å². The number of carbonyl (C=O) groups excluding carboxylic acids is 1. The van der Waals surface area contributed by atoms with Crippen LogP contribution in [-0.2, 0) is 24.2 Å². The van der Waals surface area contributed by atoms with Gasteiger partial charge in [-0.2, -0.15) is 0 Å². The highest BCUT2D eigenvalue weighted by atomic mass is 32.1. The van der Waals surface area contributed by atoms with Crippen LogP contribution in [0, 0.1) is 12.7 Å². The molecular formula is C24H22FN5OS. The van der Waals surface area contributed by atoms with Gasteiger partial charge in [0.1, 0.15) is 12.4 Å². The van der Waals surface area contributed by atoms with E-state index < -0.39 is 0 Å². The highest BCUT2D eigenvalue weighted by molar-refractivity contribution is 7.09. The van der Waals surface area contributed by atoms with Crippen LogP contribution in [0.1, 0.15) is 16.1 Å². The zero-order chi connectivity index (χ0) is 22.1. The van der Waals surface area contributed by atoms with E-state index in [9.17, 15) is 9.18 Å². The van der Waals surface area contributed by atoms with Crippen LogP contribution in [0.15, 0.2) is 54.0 Å². The number of benzene rings is 2.